The molecule has 0 aromatic carbocycles. The molecule has 3 aromatic heterocycles. The Morgan fingerprint density at radius 3 is 2.42 bits per heavy atom. The number of hydrogen-bond donors (Lipinski definition) is 14. The van der Waals surface area contributed by atoms with Crippen molar-refractivity contribution < 1.29 is 90.1 Å². The summed E-state index contributed by atoms with van der Waals surface area (Å²) in [4.78, 5) is 79.1. The molecule has 2 amide bonds. The maximum Gasteiger partial charge on any atom is 0.490 e. The first-order valence-electron chi connectivity index (χ1n) is 23.1. The van der Waals surface area contributed by atoms with Crippen LogP contribution in [0.1, 0.15) is 62.8 Å². The molecule has 6 unspecified atom stereocenters. The zero-order chi connectivity index (χ0) is 52.4. The fraction of sp³-hybridized carbons (Fsp3) is 0.730. The van der Waals surface area contributed by atoms with Crippen molar-refractivity contribution in [1.29, 1.82) is 0 Å². The van der Waals surface area contributed by atoms with Gasteiger partial charge in [-0.15, -0.1) is 0 Å². The molecular formula is C37H60N12O19P3S2+. The number of aryl methyl sites for hydroxylation is 1. The number of thioether (sulfide) groups is 2. The van der Waals surface area contributed by atoms with Gasteiger partial charge in [0, 0.05) is 54.6 Å². The number of carbonyl (C=O) groups is 2. The largest absolute Gasteiger partial charge is 0.490 e. The summed E-state index contributed by atoms with van der Waals surface area (Å²) in [5, 5.41) is 58.4. The predicted octanol–water partition coefficient (Wildman–Crippen LogP) is -2.19. The number of unbranched alkanes of at least 4 members (excludes halogenated alkanes) is 1. The van der Waals surface area contributed by atoms with E-state index in [1.807, 2.05) is 11.8 Å². The highest BCUT2D eigenvalue weighted by atomic mass is 32.2. The predicted molar refractivity (Wildman–Crippen MR) is 256 cm³/mol. The summed E-state index contributed by atoms with van der Waals surface area (Å²) in [5.41, 5.74) is 5.84. The molecule has 4 fully saturated rings. The van der Waals surface area contributed by atoms with Crippen molar-refractivity contribution in [3.05, 3.63) is 28.7 Å². The van der Waals surface area contributed by atoms with Gasteiger partial charge >= 0.3 is 29.1 Å². The van der Waals surface area contributed by atoms with Gasteiger partial charge < -0.3 is 71.6 Å². The van der Waals surface area contributed by atoms with Crippen LogP contribution in [0.4, 0.5) is 11.8 Å². The van der Waals surface area contributed by atoms with Crippen LogP contribution < -0.4 is 42.4 Å². The minimum absolute atomic E-state index is 0.00558. The third kappa shape index (κ3) is 13.5. The lowest BCUT2D eigenvalue weighted by molar-refractivity contribution is -0.745. The number of carbonyl (C=O) groups excluding carboxylic acids is 2. The molecule has 36 heteroatoms. The number of imidazole rings is 2. The van der Waals surface area contributed by atoms with Crippen molar-refractivity contribution in [3.8, 4) is 0 Å². The van der Waals surface area contributed by atoms with Crippen molar-refractivity contribution >= 4 is 81.7 Å². The third-order valence-electron chi connectivity index (χ3n) is 12.6. The molecule has 0 spiro atoms. The number of nitrogens with one attached hydrogen (secondary N) is 6. The minimum Gasteiger partial charge on any atom is -0.387 e. The second-order valence-corrected chi connectivity index (χ2v) is 24.9. The first-order valence-corrected chi connectivity index (χ1v) is 29.8. The lowest BCUT2D eigenvalue weighted by Gasteiger charge is -2.25. The number of phosphoric ester groups is 2. The Morgan fingerprint density at radius 1 is 0.973 bits per heavy atom. The number of fused-ring (bicyclic) bond motifs is 3. The average molecular weight is 1130 g/mol. The lowest BCUT2D eigenvalue weighted by atomic mass is 9.94. The Balaban J connectivity index is 0.751. The van der Waals surface area contributed by atoms with E-state index < -0.39 is 97.5 Å². The van der Waals surface area contributed by atoms with Crippen LogP contribution in [0.5, 0.6) is 0 Å². The van der Waals surface area contributed by atoms with Crippen LogP contribution >= 0.6 is 47.0 Å². The van der Waals surface area contributed by atoms with Crippen LogP contribution in [0.25, 0.3) is 11.2 Å². The summed E-state index contributed by atoms with van der Waals surface area (Å²) in [6.45, 7) is -0.944. The zero-order valence-corrected chi connectivity index (χ0v) is 43.3. The van der Waals surface area contributed by atoms with Gasteiger partial charge in [0.05, 0.1) is 33.3 Å². The number of aromatic nitrogens is 6. The molecule has 0 bridgehead atoms. The van der Waals surface area contributed by atoms with Crippen LogP contribution in [0.15, 0.2) is 17.4 Å². The van der Waals surface area contributed by atoms with Crippen LogP contribution in [-0.4, -0.2) is 169 Å². The second-order valence-electron chi connectivity index (χ2n) is 17.8. The van der Waals surface area contributed by atoms with Crippen molar-refractivity contribution in [1.82, 2.24) is 40.0 Å². The van der Waals surface area contributed by atoms with Gasteiger partial charge in [-0.05, 0) is 25.0 Å². The van der Waals surface area contributed by atoms with Crippen molar-refractivity contribution in [2.75, 3.05) is 60.9 Å². The Morgan fingerprint density at radius 2 is 1.68 bits per heavy atom. The highest BCUT2D eigenvalue weighted by molar-refractivity contribution is 8.00. The Kier molecular flexibility index (Phi) is 18.2. The number of nitrogens with zero attached hydrogens (tertiary/aromatic N) is 5. The zero-order valence-electron chi connectivity index (χ0n) is 39.0. The van der Waals surface area contributed by atoms with Gasteiger partial charge in [0.1, 0.15) is 54.3 Å². The number of nitrogens with two attached hydrogens (primary N) is 1. The number of anilines is 2. The molecule has 0 saturated carbocycles. The number of aliphatic hydroxyl groups excluding tert-OH is 4. The van der Waals surface area contributed by atoms with Gasteiger partial charge in [-0.25, -0.2) is 23.2 Å². The summed E-state index contributed by atoms with van der Waals surface area (Å²) in [5.74, 6) is 3.37. The van der Waals surface area contributed by atoms with E-state index in [1.54, 1.807) is 11.8 Å². The highest BCUT2D eigenvalue weighted by Gasteiger charge is 2.51. The van der Waals surface area contributed by atoms with Gasteiger partial charge in [0.2, 0.25) is 23.6 Å². The van der Waals surface area contributed by atoms with E-state index in [-0.39, 0.29) is 35.6 Å². The van der Waals surface area contributed by atoms with Crippen molar-refractivity contribution in [3.63, 3.8) is 0 Å². The van der Waals surface area contributed by atoms with Gasteiger partial charge in [-0.1, -0.05) is 11.4 Å². The molecule has 408 valence electrons. The normalized spacial score (nSPS) is 31.3. The van der Waals surface area contributed by atoms with Crippen molar-refractivity contribution in [2.24, 2.45) is 18.7 Å². The Labute approximate surface area is 423 Å². The van der Waals surface area contributed by atoms with E-state index in [0.717, 1.165) is 30.8 Å². The molecule has 4 saturated heterocycles. The number of rotatable bonds is 25. The fourth-order valence-electron chi connectivity index (χ4n) is 9.09. The number of aliphatic hydroxyl groups is 4. The number of H-pyrrole nitrogens is 1. The Bertz CT molecular complexity index is 2670. The maximum absolute atomic E-state index is 13.2. The average Bonchev–Trinajstić information content (AvgIpc) is 4.17. The molecule has 15 atom stereocenters. The van der Waals surface area contributed by atoms with E-state index in [0.29, 0.717) is 66.8 Å². The van der Waals surface area contributed by atoms with Crippen molar-refractivity contribution in [2.45, 2.75) is 105 Å². The number of amides is 2. The van der Waals surface area contributed by atoms with E-state index in [9.17, 15) is 63.2 Å². The first kappa shape index (κ1) is 56.1. The monoisotopic (exact) mass is 1130 g/mol. The molecule has 3 aromatic rings. The molecule has 5 aliphatic heterocycles. The first-order chi connectivity index (χ1) is 34.6. The van der Waals surface area contributed by atoms with Crippen LogP contribution in [0.3, 0.4) is 0 Å². The quantitative estimate of drug-likeness (QED) is 0.0243. The van der Waals surface area contributed by atoms with E-state index in [2.05, 4.69) is 54.7 Å². The lowest BCUT2D eigenvalue weighted by Crippen LogP contribution is -2.46. The number of aromatic amines is 1. The second kappa shape index (κ2) is 23.6. The minimum atomic E-state index is -6.00. The SMILES string of the molecule is Cn1c[n+]([C@@H]2O[C@H](COP(=O)(O)OP(=O)(O)OP(=O)(O)OC[C@H]3O[C@@H](n4cnc5c4NCNC5N)C(O)[C@H]3O)[C@H](O)C2O)c2nc(NCCCSCCNC(=O)CCCC[C@@H]3SC[C@@H]4NC(=O)C[C@@H]43)[nH]c(=O)c21. The van der Waals surface area contributed by atoms with E-state index >= 15 is 0 Å². The summed E-state index contributed by atoms with van der Waals surface area (Å²) in [6.07, 6.45) is -6.41. The number of hydrogen-bond acceptors (Lipinski definition) is 24. The smallest absolute Gasteiger partial charge is 0.387 e. The highest BCUT2D eigenvalue weighted by Crippen LogP contribution is 2.68. The summed E-state index contributed by atoms with van der Waals surface area (Å²) >= 11 is 3.55. The molecule has 0 aliphatic carbocycles. The van der Waals surface area contributed by atoms with Crippen LogP contribution in [-0.2, 0) is 57.5 Å². The van der Waals surface area contributed by atoms with Gasteiger partial charge in [-0.3, -0.25) is 42.9 Å². The third-order valence-corrected chi connectivity index (χ3v) is 19.5. The fourth-order valence-corrected chi connectivity index (χ4v) is 15.1. The molecular weight excluding hydrogens is 1070 g/mol. The number of ether oxygens (including phenoxy) is 2. The van der Waals surface area contributed by atoms with E-state index in [1.165, 1.54) is 33.4 Å². The number of phosphoric acid groups is 3. The van der Waals surface area contributed by atoms with Gasteiger partial charge in [0.25, 0.3) is 11.5 Å². The summed E-state index contributed by atoms with van der Waals surface area (Å²) < 4.78 is 71.1. The van der Waals surface area contributed by atoms with Gasteiger partial charge in [-0.2, -0.15) is 32.1 Å². The topological polar surface area (TPSA) is 441 Å². The van der Waals surface area contributed by atoms with Crippen LogP contribution in [0.2, 0.25) is 0 Å². The molecule has 0 radical (unpaired) electrons. The Hall–Kier alpha value is -3.11. The molecule has 5 aliphatic rings. The molecule has 15 N–H and O–H groups in total. The molecule has 8 rings (SSSR count). The maximum atomic E-state index is 13.2. The van der Waals surface area contributed by atoms with E-state index in [4.69, 9.17) is 19.7 Å². The molecule has 73 heavy (non-hydrogen) atoms. The summed E-state index contributed by atoms with van der Waals surface area (Å²) in [7, 11) is -15.9. The standard InChI is InChI=1S/C37H59N12O19P3S2/c1-47-17-49(33-26(47)34(56)46-37(45-33)40-7-4-9-72-10-8-39-23(50)6-3-2-5-22-18-11-24(51)44-19(18)14-73-22)36-30(55)28(53)21(66-36)13-64-70(59,60)68-71(61,62)67-69(57,58)63-12-20-27(52)29(54)35(65-20)48-16-43-25-31(38)41-15-42-32(25)48/h16-22,27-31,35-36,41-42,52-55H,2-15,38H2,1H3,(H6-,39,40,44,45,46,50,51,56,57,58,59,60,61,62)/p+1/t18-,19-,20+,21+,22-,27-,28-,29?,30?,31?,35+,36+/m0/s1. The molecule has 31 nitrogen and oxygen atoms in total. The molecule has 8 heterocycles. The van der Waals surface area contributed by atoms with Gasteiger partial charge in [0.15, 0.2) is 12.6 Å². The summed E-state index contributed by atoms with van der Waals surface area (Å²) in [6, 6.07) is 0.290. The van der Waals surface area contributed by atoms with Crippen LogP contribution in [0, 0.1) is 5.92 Å².